The molecule has 1 aromatic rings. The highest BCUT2D eigenvalue weighted by Gasteiger charge is 2.25. The molecule has 2 rings (SSSR count). The summed E-state index contributed by atoms with van der Waals surface area (Å²) in [6.07, 6.45) is 5.85. The van der Waals surface area contributed by atoms with Crippen molar-refractivity contribution in [2.45, 2.75) is 25.8 Å². The molecule has 0 bridgehead atoms. The van der Waals surface area contributed by atoms with Crippen molar-refractivity contribution in [1.82, 2.24) is 9.97 Å². The van der Waals surface area contributed by atoms with Gasteiger partial charge in [0.05, 0.1) is 5.69 Å². The summed E-state index contributed by atoms with van der Waals surface area (Å²) in [6.45, 7) is 3.76. The van der Waals surface area contributed by atoms with E-state index >= 15 is 0 Å². The van der Waals surface area contributed by atoms with Crippen molar-refractivity contribution in [2.24, 2.45) is 5.73 Å². The molecule has 0 amide bonds. The van der Waals surface area contributed by atoms with E-state index in [1.165, 1.54) is 12.8 Å². The maximum absolute atomic E-state index is 5.72. The first-order chi connectivity index (χ1) is 6.83. The molecule has 0 aromatic carbocycles. The zero-order chi connectivity index (χ0) is 9.97. The van der Waals surface area contributed by atoms with Gasteiger partial charge in [-0.1, -0.05) is 0 Å². The number of anilines is 1. The molecule has 1 fully saturated rings. The van der Waals surface area contributed by atoms with E-state index in [2.05, 4.69) is 14.9 Å². The van der Waals surface area contributed by atoms with Gasteiger partial charge in [-0.3, -0.25) is 4.98 Å². The Labute approximate surface area is 84.2 Å². The maximum atomic E-state index is 5.72. The fourth-order valence-corrected chi connectivity index (χ4v) is 2.04. The van der Waals surface area contributed by atoms with Crippen molar-refractivity contribution < 1.29 is 0 Å². The normalized spacial score (nSPS) is 21.6. The lowest BCUT2D eigenvalue weighted by Crippen LogP contribution is -2.36. The molecule has 2 N–H and O–H groups in total. The molecule has 0 aliphatic carbocycles. The highest BCUT2D eigenvalue weighted by atomic mass is 15.2. The quantitative estimate of drug-likeness (QED) is 0.750. The highest BCUT2D eigenvalue weighted by Crippen LogP contribution is 2.24. The average Bonchev–Trinajstić information content (AvgIpc) is 2.66. The third-order valence-corrected chi connectivity index (χ3v) is 2.78. The van der Waals surface area contributed by atoms with Gasteiger partial charge in [0.25, 0.3) is 0 Å². The fourth-order valence-electron chi connectivity index (χ4n) is 2.04. The van der Waals surface area contributed by atoms with E-state index in [9.17, 15) is 0 Å². The van der Waals surface area contributed by atoms with Crippen molar-refractivity contribution in [3.05, 3.63) is 18.1 Å². The molecule has 1 aromatic heterocycles. The third-order valence-electron chi connectivity index (χ3n) is 2.78. The number of nitrogens with two attached hydrogens (primary N) is 1. The standard InChI is InChI=1S/C10H16N4/c1-8-10(13-5-4-12-8)14-6-2-3-9(14)7-11/h4-5,9H,2-3,6-7,11H2,1H3/t9-/m1/s1. The monoisotopic (exact) mass is 192 g/mol. The summed E-state index contributed by atoms with van der Waals surface area (Å²) in [4.78, 5) is 10.9. The van der Waals surface area contributed by atoms with E-state index in [0.717, 1.165) is 18.1 Å². The highest BCUT2D eigenvalue weighted by molar-refractivity contribution is 5.44. The van der Waals surface area contributed by atoms with E-state index < -0.39 is 0 Å². The van der Waals surface area contributed by atoms with Crippen molar-refractivity contribution in [1.29, 1.82) is 0 Å². The second kappa shape index (κ2) is 3.92. The molecular weight excluding hydrogens is 176 g/mol. The smallest absolute Gasteiger partial charge is 0.150 e. The summed E-state index contributed by atoms with van der Waals surface area (Å²) in [5.74, 6) is 1.00. The maximum Gasteiger partial charge on any atom is 0.150 e. The van der Waals surface area contributed by atoms with Gasteiger partial charge in [0.1, 0.15) is 5.82 Å². The zero-order valence-corrected chi connectivity index (χ0v) is 8.48. The Morgan fingerprint density at radius 1 is 1.50 bits per heavy atom. The first-order valence-electron chi connectivity index (χ1n) is 5.07. The molecule has 76 valence electrons. The predicted molar refractivity (Wildman–Crippen MR) is 56.2 cm³/mol. The van der Waals surface area contributed by atoms with Crippen LogP contribution in [0.15, 0.2) is 12.4 Å². The molecule has 1 saturated heterocycles. The van der Waals surface area contributed by atoms with Gasteiger partial charge in [-0.2, -0.15) is 0 Å². The first kappa shape index (κ1) is 9.40. The Morgan fingerprint density at radius 2 is 2.29 bits per heavy atom. The lowest BCUT2D eigenvalue weighted by molar-refractivity contribution is 0.668. The molecule has 0 unspecified atom stereocenters. The van der Waals surface area contributed by atoms with Crippen LogP contribution < -0.4 is 10.6 Å². The largest absolute Gasteiger partial charge is 0.351 e. The van der Waals surface area contributed by atoms with Gasteiger partial charge in [0, 0.05) is 31.5 Å². The van der Waals surface area contributed by atoms with Gasteiger partial charge >= 0.3 is 0 Å². The fraction of sp³-hybridized carbons (Fsp3) is 0.600. The predicted octanol–water partition coefficient (Wildman–Crippen LogP) is 0.713. The number of aryl methyl sites for hydroxylation is 1. The van der Waals surface area contributed by atoms with Crippen LogP contribution in [0.3, 0.4) is 0 Å². The topological polar surface area (TPSA) is 55.0 Å². The Balaban J connectivity index is 2.26. The number of rotatable bonds is 2. The second-order valence-corrected chi connectivity index (χ2v) is 3.69. The van der Waals surface area contributed by atoms with Crippen LogP contribution in [0, 0.1) is 6.92 Å². The van der Waals surface area contributed by atoms with E-state index in [1.807, 2.05) is 6.92 Å². The number of nitrogens with zero attached hydrogens (tertiary/aromatic N) is 3. The number of aromatic nitrogens is 2. The third kappa shape index (κ3) is 1.57. The SMILES string of the molecule is Cc1nccnc1N1CCC[C@@H]1CN. The van der Waals surface area contributed by atoms with Gasteiger partial charge in [-0.05, 0) is 19.8 Å². The molecule has 1 aliphatic rings. The van der Waals surface area contributed by atoms with Crippen LogP contribution in [0.25, 0.3) is 0 Å². The molecule has 14 heavy (non-hydrogen) atoms. The molecule has 0 spiro atoms. The Hall–Kier alpha value is -1.16. The minimum Gasteiger partial charge on any atom is -0.351 e. The average molecular weight is 192 g/mol. The molecule has 0 radical (unpaired) electrons. The van der Waals surface area contributed by atoms with Crippen LogP contribution in [0.2, 0.25) is 0 Å². The number of hydrogen-bond acceptors (Lipinski definition) is 4. The first-order valence-corrected chi connectivity index (χ1v) is 5.07. The summed E-state index contributed by atoms with van der Waals surface area (Å²) in [5, 5.41) is 0. The summed E-state index contributed by atoms with van der Waals surface area (Å²) in [7, 11) is 0. The lowest BCUT2D eigenvalue weighted by Gasteiger charge is -2.25. The van der Waals surface area contributed by atoms with Gasteiger partial charge in [-0.15, -0.1) is 0 Å². The molecular formula is C10H16N4. The summed E-state index contributed by atoms with van der Waals surface area (Å²) in [5.41, 5.74) is 6.72. The van der Waals surface area contributed by atoms with Gasteiger partial charge < -0.3 is 10.6 Å². The lowest BCUT2D eigenvalue weighted by atomic mass is 10.2. The van der Waals surface area contributed by atoms with E-state index in [-0.39, 0.29) is 0 Å². The Morgan fingerprint density at radius 3 is 3.00 bits per heavy atom. The minimum absolute atomic E-state index is 0.449. The van der Waals surface area contributed by atoms with Gasteiger partial charge in [0.15, 0.2) is 0 Å². The molecule has 4 nitrogen and oxygen atoms in total. The van der Waals surface area contributed by atoms with Crippen LogP contribution in [0.5, 0.6) is 0 Å². The molecule has 1 aliphatic heterocycles. The zero-order valence-electron chi connectivity index (χ0n) is 8.48. The molecule has 4 heteroatoms. The van der Waals surface area contributed by atoms with Crippen molar-refractivity contribution in [3.8, 4) is 0 Å². The van der Waals surface area contributed by atoms with Crippen molar-refractivity contribution in [3.63, 3.8) is 0 Å². The van der Waals surface area contributed by atoms with Crippen LogP contribution >= 0.6 is 0 Å². The molecule has 0 saturated carbocycles. The summed E-state index contributed by atoms with van der Waals surface area (Å²) in [6, 6.07) is 0.449. The van der Waals surface area contributed by atoms with Gasteiger partial charge in [-0.25, -0.2) is 4.98 Å². The Kier molecular flexibility index (Phi) is 2.63. The summed E-state index contributed by atoms with van der Waals surface area (Å²) >= 11 is 0. The summed E-state index contributed by atoms with van der Waals surface area (Å²) < 4.78 is 0. The van der Waals surface area contributed by atoms with E-state index in [0.29, 0.717) is 12.6 Å². The van der Waals surface area contributed by atoms with E-state index in [4.69, 9.17) is 5.73 Å². The van der Waals surface area contributed by atoms with Crippen LogP contribution in [0.1, 0.15) is 18.5 Å². The van der Waals surface area contributed by atoms with Crippen LogP contribution in [0.4, 0.5) is 5.82 Å². The van der Waals surface area contributed by atoms with Crippen LogP contribution in [-0.2, 0) is 0 Å². The number of hydrogen-bond donors (Lipinski definition) is 1. The molecule has 2 heterocycles. The minimum atomic E-state index is 0.449. The Bertz CT molecular complexity index is 313. The van der Waals surface area contributed by atoms with Crippen LogP contribution in [-0.4, -0.2) is 29.1 Å². The van der Waals surface area contributed by atoms with Gasteiger partial charge in [0.2, 0.25) is 0 Å². The molecule has 1 atom stereocenters. The van der Waals surface area contributed by atoms with Crippen molar-refractivity contribution >= 4 is 5.82 Å². The van der Waals surface area contributed by atoms with Crippen molar-refractivity contribution in [2.75, 3.05) is 18.0 Å². The van der Waals surface area contributed by atoms with E-state index in [1.54, 1.807) is 12.4 Å². The second-order valence-electron chi connectivity index (χ2n) is 3.69.